The van der Waals surface area contributed by atoms with Crippen LogP contribution in [0.3, 0.4) is 0 Å². The van der Waals surface area contributed by atoms with Crippen molar-refractivity contribution in [3.63, 3.8) is 0 Å². The van der Waals surface area contributed by atoms with Crippen LogP contribution < -0.4 is 10.6 Å². The fraction of sp³-hybridized carbons (Fsp3) is 0.943. The van der Waals surface area contributed by atoms with Gasteiger partial charge in [0, 0.05) is 51.9 Å². The maximum Gasteiger partial charge on any atom is 0.305 e. The van der Waals surface area contributed by atoms with Gasteiger partial charge in [0.25, 0.3) is 0 Å². The summed E-state index contributed by atoms with van der Waals surface area (Å²) >= 11 is 0. The molecule has 0 bridgehead atoms. The predicted molar refractivity (Wildman–Crippen MR) is 516 cm³/mol. The number of hydrogen-bond donors (Lipinski definition) is 6. The number of hydrogen-bond acceptors (Lipinski definition) is 16. The molecule has 6 atom stereocenters. The normalized spacial score (nSPS) is 14.7. The van der Waals surface area contributed by atoms with Gasteiger partial charge in [0.1, 0.15) is 12.1 Å². The highest BCUT2D eigenvalue weighted by atomic mass is 16.5. The molecule has 0 aromatic carbocycles. The Labute approximate surface area is 763 Å². The molecule has 18 heteroatoms. The molecule has 1 aliphatic rings. The Balaban J connectivity index is 2.88. The van der Waals surface area contributed by atoms with Crippen molar-refractivity contribution in [1.82, 2.24) is 20.4 Å². The second-order valence-corrected chi connectivity index (χ2v) is 38.5. The molecule has 732 valence electrons. The maximum absolute atomic E-state index is 13.7. The summed E-state index contributed by atoms with van der Waals surface area (Å²) in [5.74, 6) is 1.34. The lowest BCUT2D eigenvalue weighted by atomic mass is 9.90. The fourth-order valence-electron chi connectivity index (χ4n) is 18.3. The lowest BCUT2D eigenvalue weighted by Gasteiger charge is -2.31. The Morgan fingerprint density at radius 2 is 0.435 bits per heavy atom. The van der Waals surface area contributed by atoms with Crippen LogP contribution in [-0.4, -0.2) is 168 Å². The van der Waals surface area contributed by atoms with Gasteiger partial charge in [-0.3, -0.25) is 38.6 Å². The average molecular weight is 1760 g/mol. The fourth-order valence-corrected chi connectivity index (χ4v) is 18.3. The Hall–Kier alpha value is -3.42. The van der Waals surface area contributed by atoms with Crippen LogP contribution >= 0.6 is 0 Å². The number of aliphatic hydroxyl groups excluding tert-OH is 4. The Morgan fingerprint density at radius 1 is 0.250 bits per heavy atom. The van der Waals surface area contributed by atoms with Gasteiger partial charge in [0.15, 0.2) is 0 Å². The van der Waals surface area contributed by atoms with Crippen molar-refractivity contribution in [2.45, 2.75) is 560 Å². The Morgan fingerprint density at radius 3 is 0.669 bits per heavy atom. The molecule has 1 fully saturated rings. The molecule has 6 unspecified atom stereocenters. The lowest BCUT2D eigenvalue weighted by molar-refractivity contribution is -0.144. The molecular formula is C106H204N4O14. The summed E-state index contributed by atoms with van der Waals surface area (Å²) in [6.45, 7) is 20.5. The maximum atomic E-state index is 13.7. The monoisotopic (exact) mass is 1760 g/mol. The summed E-state index contributed by atoms with van der Waals surface area (Å²) in [6, 6.07) is -1.35. The third-order valence-electron chi connectivity index (χ3n) is 26.4. The number of unbranched alkanes of at least 4 members (excludes halogenated alkanes) is 39. The standard InChI is InChI=1S/C106H204N4O14/c1-8-15-22-29-30-31-32-33-59-84-121-101(115)78-48-34-44-72-95(111)88-109(89-96(112)73-45-35-49-79-102(116)122-85-60-54-69-92(63-38-23-16-9-2)64-39-24-17-10-3)82-57-52-76-99-105(119)108-100(106(120)107-99)77-53-58-83-110(90-97(113)74-46-36-50-80-103(117)123-86-61-55-70-93(65-40-25-18-11-4)66-41-26-19-12-5)91-98(114)75-47-37-51-81-104(118)124-87-62-56-71-94(67-42-27-20-13-6)68-43-28-21-14-7/h92-100,111-114H,8-91H2,1-7H3,(H,107,120)(H,108,119). The van der Waals surface area contributed by atoms with Crippen molar-refractivity contribution in [3.05, 3.63) is 0 Å². The topological polar surface area (TPSA) is 251 Å². The zero-order valence-corrected chi connectivity index (χ0v) is 82.4. The van der Waals surface area contributed by atoms with Crippen molar-refractivity contribution in [2.75, 3.05) is 65.7 Å². The molecule has 1 rings (SSSR count). The first-order chi connectivity index (χ1) is 60.5. The van der Waals surface area contributed by atoms with Crippen LogP contribution in [0.2, 0.25) is 0 Å². The number of carbonyl (C=O) groups is 6. The quantitative estimate of drug-likeness (QED) is 0.0188. The van der Waals surface area contributed by atoms with Crippen LogP contribution in [0.4, 0.5) is 0 Å². The molecule has 124 heavy (non-hydrogen) atoms. The highest BCUT2D eigenvalue weighted by Gasteiger charge is 2.33. The summed E-state index contributed by atoms with van der Waals surface area (Å²) < 4.78 is 22.6. The van der Waals surface area contributed by atoms with Gasteiger partial charge >= 0.3 is 23.9 Å². The summed E-state index contributed by atoms with van der Waals surface area (Å²) in [4.78, 5) is 82.4. The van der Waals surface area contributed by atoms with E-state index in [4.69, 9.17) is 18.9 Å². The zero-order chi connectivity index (χ0) is 90.5. The molecule has 6 N–H and O–H groups in total. The summed E-state index contributed by atoms with van der Waals surface area (Å²) in [6.07, 6.45) is 73.8. The van der Waals surface area contributed by atoms with Gasteiger partial charge in [0.2, 0.25) is 11.8 Å². The third-order valence-corrected chi connectivity index (χ3v) is 26.4. The van der Waals surface area contributed by atoms with E-state index in [-0.39, 0.29) is 35.7 Å². The number of esters is 4. The number of nitrogens with zero attached hydrogens (tertiary/aromatic N) is 2. The molecule has 1 saturated heterocycles. The average Bonchev–Trinajstić information content (AvgIpc) is 0.844. The largest absolute Gasteiger partial charge is 0.466 e. The molecule has 0 aromatic rings. The highest BCUT2D eigenvalue weighted by molar-refractivity contribution is 5.96. The van der Waals surface area contributed by atoms with Crippen molar-refractivity contribution in [3.8, 4) is 0 Å². The van der Waals surface area contributed by atoms with Crippen LogP contribution in [0.15, 0.2) is 0 Å². The lowest BCUT2D eigenvalue weighted by Crippen LogP contribution is -2.61. The van der Waals surface area contributed by atoms with Crippen molar-refractivity contribution < 1.29 is 68.1 Å². The van der Waals surface area contributed by atoms with Gasteiger partial charge in [-0.15, -0.1) is 0 Å². The number of amides is 2. The van der Waals surface area contributed by atoms with Crippen LogP contribution in [0.5, 0.6) is 0 Å². The van der Waals surface area contributed by atoms with Crippen molar-refractivity contribution in [2.24, 2.45) is 17.8 Å². The smallest absolute Gasteiger partial charge is 0.305 e. The summed E-state index contributed by atoms with van der Waals surface area (Å²) in [7, 11) is 0. The molecule has 2 amide bonds. The summed E-state index contributed by atoms with van der Waals surface area (Å²) in [5, 5.41) is 51.7. The molecule has 0 aliphatic carbocycles. The van der Waals surface area contributed by atoms with Crippen molar-refractivity contribution >= 4 is 35.7 Å². The van der Waals surface area contributed by atoms with Gasteiger partial charge in [-0.2, -0.15) is 0 Å². The number of carbonyl (C=O) groups excluding carboxylic acids is 6. The van der Waals surface area contributed by atoms with Gasteiger partial charge in [-0.1, -0.05) is 363 Å². The van der Waals surface area contributed by atoms with Crippen molar-refractivity contribution in [1.29, 1.82) is 0 Å². The molecule has 1 heterocycles. The number of nitrogens with one attached hydrogen (secondary N) is 2. The van der Waals surface area contributed by atoms with E-state index in [9.17, 15) is 49.2 Å². The number of piperazine rings is 1. The van der Waals surface area contributed by atoms with Gasteiger partial charge in [-0.25, -0.2) is 0 Å². The SMILES string of the molecule is CCCCCCCCCCCOC(=O)CCCCCC(O)CN(CCCCC1NC(=O)C(CCCCN(CC(O)CCCCCC(=O)OCCCCC(CCCCCC)CCCCCC)CC(O)CCCCCC(=O)OCCCCC(CCCCCC)CCCCCC)NC1=O)CC(O)CCCCCC(=O)OCCCCC(CCCCCC)CCCCCC. The zero-order valence-electron chi connectivity index (χ0n) is 82.4. The third kappa shape index (κ3) is 76.3. The number of rotatable bonds is 97. The molecule has 0 spiro atoms. The molecular weight excluding hydrogens is 1550 g/mol. The molecule has 18 nitrogen and oxygen atoms in total. The second kappa shape index (κ2) is 88.8. The first-order valence-electron chi connectivity index (χ1n) is 53.9. The number of aliphatic hydroxyl groups is 4. The van der Waals surface area contributed by atoms with E-state index in [2.05, 4.69) is 68.9 Å². The van der Waals surface area contributed by atoms with E-state index in [0.29, 0.717) is 181 Å². The molecule has 0 aromatic heterocycles. The van der Waals surface area contributed by atoms with E-state index in [1.54, 1.807) is 0 Å². The minimum Gasteiger partial charge on any atom is -0.466 e. The van der Waals surface area contributed by atoms with Crippen LogP contribution in [0.25, 0.3) is 0 Å². The Bertz CT molecular complexity index is 2290. The minimum atomic E-state index is -0.675. The van der Waals surface area contributed by atoms with E-state index >= 15 is 0 Å². The number of ether oxygens (including phenoxy) is 4. The first-order valence-corrected chi connectivity index (χ1v) is 53.9. The predicted octanol–water partition coefficient (Wildman–Crippen LogP) is 26.0. The second-order valence-electron chi connectivity index (χ2n) is 38.5. The van der Waals surface area contributed by atoms with Gasteiger partial charge in [-0.05, 0) is 166 Å². The minimum absolute atomic E-state index is 0.143. The first kappa shape index (κ1) is 119. The van der Waals surface area contributed by atoms with E-state index < -0.39 is 36.5 Å². The van der Waals surface area contributed by atoms with Crippen LogP contribution in [0.1, 0.15) is 524 Å². The van der Waals surface area contributed by atoms with Crippen LogP contribution in [-0.2, 0) is 47.7 Å². The van der Waals surface area contributed by atoms with E-state index in [0.717, 1.165) is 120 Å². The summed E-state index contributed by atoms with van der Waals surface area (Å²) in [5.41, 5.74) is 0. The van der Waals surface area contributed by atoms with E-state index in [1.807, 2.05) is 0 Å². The molecule has 1 aliphatic heterocycles. The molecule has 0 radical (unpaired) electrons. The van der Waals surface area contributed by atoms with Gasteiger partial charge < -0.3 is 50.0 Å². The highest BCUT2D eigenvalue weighted by Crippen LogP contribution is 2.28. The van der Waals surface area contributed by atoms with Gasteiger partial charge in [0.05, 0.1) is 50.8 Å². The van der Waals surface area contributed by atoms with E-state index in [1.165, 1.54) is 257 Å². The Kier molecular flexibility index (Phi) is 85.0. The van der Waals surface area contributed by atoms with Crippen LogP contribution in [0, 0.1) is 17.8 Å². The molecule has 0 saturated carbocycles.